The molecule has 2 rings (SSSR count). The highest BCUT2D eigenvalue weighted by atomic mass is 35.5. The lowest BCUT2D eigenvalue weighted by Gasteiger charge is -2.07. The van der Waals surface area contributed by atoms with Crippen molar-refractivity contribution < 1.29 is 8.42 Å². The summed E-state index contributed by atoms with van der Waals surface area (Å²) in [6.07, 6.45) is 0. The normalized spacial score (nSPS) is 10.9. The van der Waals surface area contributed by atoms with Gasteiger partial charge in [0.05, 0.1) is 16.5 Å². The first kappa shape index (κ1) is 16.6. The van der Waals surface area contributed by atoms with E-state index in [1.54, 1.807) is 31.2 Å². The van der Waals surface area contributed by atoms with Crippen LogP contribution in [0.4, 0.5) is 0 Å². The van der Waals surface area contributed by atoms with Gasteiger partial charge in [0.25, 0.3) is 0 Å². The quantitative estimate of drug-likeness (QED) is 0.876. The minimum absolute atomic E-state index is 0.0286. The van der Waals surface area contributed by atoms with Gasteiger partial charge in [0.2, 0.25) is 10.0 Å². The molecule has 114 valence electrons. The van der Waals surface area contributed by atoms with Crippen molar-refractivity contribution >= 4 is 21.6 Å². The van der Waals surface area contributed by atoms with E-state index in [4.69, 9.17) is 11.6 Å². The van der Waals surface area contributed by atoms with E-state index >= 15 is 0 Å². The second kappa shape index (κ2) is 6.97. The molecule has 0 radical (unpaired) electrons. The number of benzene rings is 2. The minimum Gasteiger partial charge on any atom is -0.207 e. The van der Waals surface area contributed by atoms with Gasteiger partial charge in [0.1, 0.15) is 0 Å². The molecule has 3 nitrogen and oxygen atoms in total. The number of halogens is 1. The topological polar surface area (TPSA) is 46.2 Å². The van der Waals surface area contributed by atoms with Crippen molar-refractivity contribution in [1.29, 1.82) is 0 Å². The predicted octanol–water partition coefficient (Wildman–Crippen LogP) is 3.29. The van der Waals surface area contributed by atoms with Gasteiger partial charge in [-0.3, -0.25) is 0 Å². The van der Waals surface area contributed by atoms with Crippen LogP contribution in [0.25, 0.3) is 0 Å². The number of sulfonamides is 1. The Bertz CT molecular complexity index is 848. The molecule has 2 aromatic rings. The molecule has 22 heavy (non-hydrogen) atoms. The maximum Gasteiger partial charge on any atom is 0.241 e. The summed E-state index contributed by atoms with van der Waals surface area (Å²) in [7, 11) is -3.56. The molecule has 0 unspecified atom stereocenters. The van der Waals surface area contributed by atoms with Crippen LogP contribution in [0.5, 0.6) is 0 Å². The van der Waals surface area contributed by atoms with Gasteiger partial charge in [-0.05, 0) is 37.6 Å². The Labute approximate surface area is 136 Å². The van der Waals surface area contributed by atoms with Gasteiger partial charge in [0, 0.05) is 5.56 Å². The zero-order valence-corrected chi connectivity index (χ0v) is 13.9. The van der Waals surface area contributed by atoms with Crippen molar-refractivity contribution in [3.8, 4) is 11.8 Å². The lowest BCUT2D eigenvalue weighted by atomic mass is 10.2. The molecule has 0 spiro atoms. The van der Waals surface area contributed by atoms with Crippen LogP contribution < -0.4 is 4.72 Å². The number of hydrogen-bond acceptors (Lipinski definition) is 2. The zero-order valence-electron chi connectivity index (χ0n) is 12.4. The molecule has 0 fully saturated rings. The summed E-state index contributed by atoms with van der Waals surface area (Å²) in [5, 5.41) is 0.548. The molecule has 0 saturated heterocycles. The largest absolute Gasteiger partial charge is 0.241 e. The van der Waals surface area contributed by atoms with Crippen LogP contribution in [0.3, 0.4) is 0 Å². The first-order chi connectivity index (χ1) is 10.4. The Morgan fingerprint density at radius 2 is 1.86 bits per heavy atom. The maximum atomic E-state index is 12.2. The van der Waals surface area contributed by atoms with Crippen molar-refractivity contribution in [3.63, 3.8) is 0 Å². The Morgan fingerprint density at radius 1 is 1.14 bits per heavy atom. The summed E-state index contributed by atoms with van der Waals surface area (Å²) in [6, 6.07) is 12.4. The number of nitrogens with one attached hydrogen (secondary N) is 1. The monoisotopic (exact) mass is 333 g/mol. The van der Waals surface area contributed by atoms with Gasteiger partial charge in [0.15, 0.2) is 0 Å². The number of hydrogen-bond donors (Lipinski definition) is 1. The van der Waals surface area contributed by atoms with Gasteiger partial charge in [-0.25, -0.2) is 8.42 Å². The van der Waals surface area contributed by atoms with Crippen LogP contribution in [-0.4, -0.2) is 15.0 Å². The summed E-state index contributed by atoms with van der Waals surface area (Å²) in [5.41, 5.74) is 2.41. The van der Waals surface area contributed by atoms with Gasteiger partial charge in [-0.1, -0.05) is 53.3 Å². The fourth-order valence-corrected chi connectivity index (χ4v) is 3.34. The maximum absolute atomic E-state index is 12.2. The van der Waals surface area contributed by atoms with E-state index in [0.29, 0.717) is 16.1 Å². The molecular weight excluding hydrogens is 318 g/mol. The highest BCUT2D eigenvalue weighted by molar-refractivity contribution is 7.89. The molecule has 0 aliphatic heterocycles. The van der Waals surface area contributed by atoms with E-state index in [1.807, 2.05) is 25.1 Å². The third-order valence-electron chi connectivity index (χ3n) is 3.07. The van der Waals surface area contributed by atoms with Gasteiger partial charge < -0.3 is 0 Å². The molecule has 0 amide bonds. The second-order valence-corrected chi connectivity index (χ2v) is 7.02. The van der Waals surface area contributed by atoms with Crippen LogP contribution in [0.1, 0.15) is 16.7 Å². The van der Waals surface area contributed by atoms with Crippen LogP contribution in [0.2, 0.25) is 5.02 Å². The lowest BCUT2D eigenvalue weighted by molar-refractivity contribution is 0.585. The summed E-state index contributed by atoms with van der Waals surface area (Å²) in [6.45, 7) is 3.73. The summed E-state index contributed by atoms with van der Waals surface area (Å²) in [4.78, 5) is 0.276. The molecule has 0 atom stereocenters. The third kappa shape index (κ3) is 4.11. The molecule has 0 aromatic heterocycles. The van der Waals surface area contributed by atoms with Crippen molar-refractivity contribution in [2.75, 3.05) is 6.54 Å². The molecule has 0 heterocycles. The first-order valence-electron chi connectivity index (χ1n) is 6.70. The van der Waals surface area contributed by atoms with E-state index < -0.39 is 10.0 Å². The summed E-state index contributed by atoms with van der Waals surface area (Å²) < 4.78 is 27.0. The van der Waals surface area contributed by atoms with Crippen LogP contribution >= 0.6 is 11.6 Å². The molecule has 5 heteroatoms. The highest BCUT2D eigenvalue weighted by Crippen LogP contribution is 2.16. The molecule has 2 aromatic carbocycles. The molecule has 1 N–H and O–H groups in total. The average molecular weight is 334 g/mol. The van der Waals surface area contributed by atoms with Crippen LogP contribution in [0.15, 0.2) is 47.4 Å². The van der Waals surface area contributed by atoms with Crippen molar-refractivity contribution in [3.05, 3.63) is 64.2 Å². The van der Waals surface area contributed by atoms with E-state index in [2.05, 4.69) is 16.6 Å². The Balaban J connectivity index is 2.10. The first-order valence-corrected chi connectivity index (χ1v) is 8.56. The van der Waals surface area contributed by atoms with Crippen molar-refractivity contribution in [2.45, 2.75) is 18.7 Å². The summed E-state index contributed by atoms with van der Waals surface area (Å²) in [5.74, 6) is 5.63. The van der Waals surface area contributed by atoms with E-state index in [0.717, 1.165) is 5.56 Å². The van der Waals surface area contributed by atoms with Crippen LogP contribution in [-0.2, 0) is 10.0 Å². The Hall–Kier alpha value is -1.80. The van der Waals surface area contributed by atoms with E-state index in [1.165, 1.54) is 0 Å². The molecular formula is C17H16ClNO2S. The molecule has 0 aliphatic carbocycles. The Kier molecular flexibility index (Phi) is 5.25. The fraction of sp³-hybridized carbons (Fsp3) is 0.176. The SMILES string of the molecule is Cc1ccc(S(=O)(=O)NCC#Cc2ccccc2Cl)c(C)c1. The van der Waals surface area contributed by atoms with Crippen LogP contribution in [0, 0.1) is 25.7 Å². The minimum atomic E-state index is -3.56. The van der Waals surface area contributed by atoms with E-state index in [9.17, 15) is 8.42 Å². The molecule has 0 bridgehead atoms. The van der Waals surface area contributed by atoms with Gasteiger partial charge in [-0.2, -0.15) is 4.72 Å². The second-order valence-electron chi connectivity index (χ2n) is 4.88. The van der Waals surface area contributed by atoms with Crippen molar-refractivity contribution in [1.82, 2.24) is 4.72 Å². The van der Waals surface area contributed by atoms with Crippen molar-refractivity contribution in [2.24, 2.45) is 0 Å². The zero-order chi connectivity index (χ0) is 16.2. The third-order valence-corrected chi connectivity index (χ3v) is 4.96. The fourth-order valence-electron chi connectivity index (χ4n) is 2.01. The number of aryl methyl sites for hydroxylation is 2. The summed E-state index contributed by atoms with van der Waals surface area (Å²) >= 11 is 5.98. The molecule has 0 saturated carbocycles. The lowest BCUT2D eigenvalue weighted by Crippen LogP contribution is -2.24. The van der Waals surface area contributed by atoms with E-state index in [-0.39, 0.29) is 11.4 Å². The predicted molar refractivity (Wildman–Crippen MR) is 89.4 cm³/mol. The smallest absolute Gasteiger partial charge is 0.207 e. The molecule has 0 aliphatic rings. The standard InChI is InChI=1S/C17H16ClNO2S/c1-13-9-10-17(14(2)12-13)22(20,21)19-11-5-7-15-6-3-4-8-16(15)18/h3-4,6,8-10,12,19H,11H2,1-2H3. The number of rotatable bonds is 3. The highest BCUT2D eigenvalue weighted by Gasteiger charge is 2.15. The average Bonchev–Trinajstić information content (AvgIpc) is 2.45. The van der Waals surface area contributed by atoms with Gasteiger partial charge >= 0.3 is 0 Å². The Morgan fingerprint density at radius 3 is 2.55 bits per heavy atom. The van der Waals surface area contributed by atoms with Gasteiger partial charge in [-0.15, -0.1) is 0 Å².